The lowest BCUT2D eigenvalue weighted by Crippen LogP contribution is -2.23. The molecular formula is C19H20N6O2. The van der Waals surface area contributed by atoms with Crippen molar-refractivity contribution in [2.75, 3.05) is 18.0 Å². The van der Waals surface area contributed by atoms with E-state index >= 15 is 0 Å². The smallest absolute Gasteiger partial charge is 0.251 e. The molecule has 2 aromatic heterocycles. The van der Waals surface area contributed by atoms with Gasteiger partial charge in [0.15, 0.2) is 11.6 Å². The molecule has 1 saturated heterocycles. The number of rotatable bonds is 5. The zero-order valence-electron chi connectivity index (χ0n) is 15.1. The summed E-state index contributed by atoms with van der Waals surface area (Å²) in [5.74, 6) is 1.65. The van der Waals surface area contributed by atoms with Crippen molar-refractivity contribution in [1.29, 1.82) is 0 Å². The van der Waals surface area contributed by atoms with E-state index in [1.807, 2.05) is 24.3 Å². The predicted octanol–water partition coefficient (Wildman–Crippen LogP) is 2.37. The van der Waals surface area contributed by atoms with Gasteiger partial charge in [0.25, 0.3) is 5.91 Å². The van der Waals surface area contributed by atoms with E-state index in [1.54, 1.807) is 19.1 Å². The van der Waals surface area contributed by atoms with Crippen LogP contribution in [0.3, 0.4) is 0 Å². The van der Waals surface area contributed by atoms with E-state index in [1.165, 1.54) is 12.8 Å². The Hall–Kier alpha value is -3.29. The molecule has 1 N–H and O–H groups in total. The Morgan fingerprint density at radius 3 is 2.52 bits per heavy atom. The first-order valence-electron chi connectivity index (χ1n) is 8.95. The van der Waals surface area contributed by atoms with Crippen molar-refractivity contribution in [3.8, 4) is 11.3 Å². The van der Waals surface area contributed by atoms with E-state index < -0.39 is 0 Å². The van der Waals surface area contributed by atoms with Gasteiger partial charge in [-0.15, -0.1) is 10.2 Å². The highest BCUT2D eigenvalue weighted by Gasteiger charge is 2.14. The fourth-order valence-corrected chi connectivity index (χ4v) is 3.06. The Balaban J connectivity index is 1.39. The molecule has 1 aliphatic heterocycles. The van der Waals surface area contributed by atoms with E-state index in [0.29, 0.717) is 17.3 Å². The average Bonchev–Trinajstić information content (AvgIpc) is 3.38. The van der Waals surface area contributed by atoms with E-state index in [2.05, 4.69) is 30.6 Å². The van der Waals surface area contributed by atoms with Crippen molar-refractivity contribution < 1.29 is 9.32 Å². The number of benzene rings is 1. The first-order valence-corrected chi connectivity index (χ1v) is 8.95. The minimum atomic E-state index is -0.195. The molecule has 8 nitrogen and oxygen atoms in total. The van der Waals surface area contributed by atoms with Crippen LogP contribution in [0, 0.1) is 6.92 Å². The van der Waals surface area contributed by atoms with Gasteiger partial charge in [-0.25, -0.2) is 0 Å². The highest BCUT2D eigenvalue weighted by Crippen LogP contribution is 2.21. The number of amides is 1. The Labute approximate surface area is 156 Å². The molecule has 0 bridgehead atoms. The van der Waals surface area contributed by atoms with Crippen LogP contribution in [-0.4, -0.2) is 39.3 Å². The number of nitrogens with zero attached hydrogens (tertiary/aromatic N) is 5. The van der Waals surface area contributed by atoms with Crippen LogP contribution in [0.2, 0.25) is 0 Å². The van der Waals surface area contributed by atoms with Gasteiger partial charge in [-0.1, -0.05) is 17.3 Å². The number of carbonyl (C=O) groups is 1. The number of aromatic nitrogens is 4. The minimum Gasteiger partial charge on any atom is -0.355 e. The van der Waals surface area contributed by atoms with Crippen molar-refractivity contribution in [2.24, 2.45) is 0 Å². The molecule has 4 rings (SSSR count). The predicted molar refractivity (Wildman–Crippen MR) is 99.1 cm³/mol. The minimum absolute atomic E-state index is 0.195. The fourth-order valence-electron chi connectivity index (χ4n) is 3.06. The summed E-state index contributed by atoms with van der Waals surface area (Å²) >= 11 is 0. The van der Waals surface area contributed by atoms with Crippen molar-refractivity contribution in [1.82, 2.24) is 25.7 Å². The summed E-state index contributed by atoms with van der Waals surface area (Å²) in [6.45, 7) is 4.02. The van der Waals surface area contributed by atoms with Crippen LogP contribution in [0.25, 0.3) is 11.3 Å². The lowest BCUT2D eigenvalue weighted by atomic mass is 10.1. The van der Waals surface area contributed by atoms with Crippen molar-refractivity contribution in [3.05, 3.63) is 53.7 Å². The van der Waals surface area contributed by atoms with Gasteiger partial charge in [-0.3, -0.25) is 4.79 Å². The standard InChI is InChI=1S/C19H20N6O2/c1-13-21-17(24-27-13)12-20-19(26)15-6-4-14(5-7-15)16-8-9-18(23-22-16)25-10-2-3-11-25/h4-9H,2-3,10-12H2,1H3,(H,20,26). The lowest BCUT2D eigenvalue weighted by Gasteiger charge is -2.15. The van der Waals surface area contributed by atoms with Crippen LogP contribution < -0.4 is 10.2 Å². The molecule has 3 aromatic rings. The second kappa shape index (κ2) is 7.53. The molecule has 1 aliphatic rings. The molecule has 0 spiro atoms. The zero-order chi connectivity index (χ0) is 18.6. The number of nitrogens with one attached hydrogen (secondary N) is 1. The summed E-state index contributed by atoms with van der Waals surface area (Å²) in [7, 11) is 0. The van der Waals surface area contributed by atoms with Crippen LogP contribution >= 0.6 is 0 Å². The Morgan fingerprint density at radius 2 is 1.89 bits per heavy atom. The number of anilines is 1. The molecule has 0 saturated carbocycles. The molecular weight excluding hydrogens is 344 g/mol. The normalized spacial score (nSPS) is 13.7. The zero-order valence-corrected chi connectivity index (χ0v) is 15.1. The van der Waals surface area contributed by atoms with Crippen LogP contribution in [0.15, 0.2) is 40.9 Å². The van der Waals surface area contributed by atoms with Gasteiger partial charge in [0.2, 0.25) is 5.89 Å². The molecule has 27 heavy (non-hydrogen) atoms. The van der Waals surface area contributed by atoms with Crippen LogP contribution in [0.5, 0.6) is 0 Å². The summed E-state index contributed by atoms with van der Waals surface area (Å²) < 4.78 is 4.88. The molecule has 3 heterocycles. The van der Waals surface area contributed by atoms with E-state index in [0.717, 1.165) is 30.2 Å². The molecule has 138 valence electrons. The van der Waals surface area contributed by atoms with Gasteiger partial charge < -0.3 is 14.7 Å². The number of hydrogen-bond donors (Lipinski definition) is 1. The highest BCUT2D eigenvalue weighted by molar-refractivity contribution is 5.94. The number of carbonyl (C=O) groups excluding carboxylic acids is 1. The van der Waals surface area contributed by atoms with E-state index in [-0.39, 0.29) is 12.5 Å². The summed E-state index contributed by atoms with van der Waals surface area (Å²) in [6.07, 6.45) is 2.42. The van der Waals surface area contributed by atoms with Gasteiger partial charge in [0.1, 0.15) is 0 Å². The first-order chi connectivity index (χ1) is 13.2. The maximum absolute atomic E-state index is 12.2. The molecule has 0 radical (unpaired) electrons. The van der Waals surface area contributed by atoms with E-state index in [4.69, 9.17) is 4.52 Å². The van der Waals surface area contributed by atoms with Crippen molar-refractivity contribution in [2.45, 2.75) is 26.3 Å². The SMILES string of the molecule is Cc1nc(CNC(=O)c2ccc(-c3ccc(N4CCCC4)nn3)cc2)no1. The molecule has 0 atom stereocenters. The Bertz CT molecular complexity index is 914. The number of aryl methyl sites for hydroxylation is 1. The van der Waals surface area contributed by atoms with Crippen molar-refractivity contribution in [3.63, 3.8) is 0 Å². The quantitative estimate of drug-likeness (QED) is 0.742. The number of hydrogen-bond acceptors (Lipinski definition) is 7. The Morgan fingerprint density at radius 1 is 1.11 bits per heavy atom. The summed E-state index contributed by atoms with van der Waals surface area (Å²) in [5, 5.41) is 15.2. The molecule has 1 amide bonds. The lowest BCUT2D eigenvalue weighted by molar-refractivity contribution is 0.0949. The molecule has 8 heteroatoms. The summed E-state index contributed by atoms with van der Waals surface area (Å²) in [6, 6.07) is 11.2. The second-order valence-corrected chi connectivity index (χ2v) is 6.46. The van der Waals surface area contributed by atoms with Gasteiger partial charge in [0.05, 0.1) is 12.2 Å². The largest absolute Gasteiger partial charge is 0.355 e. The topological polar surface area (TPSA) is 97.0 Å². The molecule has 0 aliphatic carbocycles. The van der Waals surface area contributed by atoms with Crippen LogP contribution in [0.1, 0.15) is 34.9 Å². The van der Waals surface area contributed by atoms with Crippen molar-refractivity contribution >= 4 is 11.7 Å². The van der Waals surface area contributed by atoms with E-state index in [9.17, 15) is 4.79 Å². The third-order valence-electron chi connectivity index (χ3n) is 4.50. The van der Waals surface area contributed by atoms with Gasteiger partial charge in [-0.05, 0) is 37.1 Å². The van der Waals surface area contributed by atoms with Gasteiger partial charge in [-0.2, -0.15) is 4.98 Å². The molecule has 0 unspecified atom stereocenters. The maximum atomic E-state index is 12.2. The third-order valence-corrected chi connectivity index (χ3v) is 4.50. The maximum Gasteiger partial charge on any atom is 0.251 e. The average molecular weight is 364 g/mol. The van der Waals surface area contributed by atoms with Gasteiger partial charge >= 0.3 is 0 Å². The summed E-state index contributed by atoms with van der Waals surface area (Å²) in [4.78, 5) is 18.5. The fraction of sp³-hybridized carbons (Fsp3) is 0.316. The monoisotopic (exact) mass is 364 g/mol. The van der Waals surface area contributed by atoms with Gasteiger partial charge in [0, 0.05) is 31.1 Å². The van der Waals surface area contributed by atoms with Crippen LogP contribution in [-0.2, 0) is 6.54 Å². The Kier molecular flexibility index (Phi) is 4.78. The third kappa shape index (κ3) is 3.94. The highest BCUT2D eigenvalue weighted by atomic mass is 16.5. The first kappa shape index (κ1) is 17.1. The second-order valence-electron chi connectivity index (χ2n) is 6.46. The molecule has 1 fully saturated rings. The molecule has 1 aromatic carbocycles. The van der Waals surface area contributed by atoms with Crippen LogP contribution in [0.4, 0.5) is 5.82 Å². The summed E-state index contributed by atoms with van der Waals surface area (Å²) in [5.41, 5.74) is 2.26.